The lowest BCUT2D eigenvalue weighted by Crippen LogP contribution is -2.54. The van der Waals surface area contributed by atoms with Gasteiger partial charge in [-0.2, -0.15) is 5.26 Å². The van der Waals surface area contributed by atoms with Crippen LogP contribution in [0.4, 0.5) is 5.69 Å². The third-order valence-corrected chi connectivity index (χ3v) is 5.17. The maximum absolute atomic E-state index is 12.5. The Morgan fingerprint density at radius 2 is 1.74 bits per heavy atom. The Kier molecular flexibility index (Phi) is 3.38. The van der Waals surface area contributed by atoms with Crippen LogP contribution in [0, 0.1) is 17.2 Å². The molecule has 2 aliphatic heterocycles. The fourth-order valence-electron chi connectivity index (χ4n) is 4.13. The number of carbonyl (C=O) groups is 1. The van der Waals surface area contributed by atoms with E-state index in [-0.39, 0.29) is 18.0 Å². The Morgan fingerprint density at radius 3 is 2.39 bits per heavy atom. The summed E-state index contributed by atoms with van der Waals surface area (Å²) in [6.45, 7) is 0. The summed E-state index contributed by atoms with van der Waals surface area (Å²) in [5.74, 6) is 0.455. The van der Waals surface area contributed by atoms with Gasteiger partial charge in [0.15, 0.2) is 0 Å². The molecule has 0 spiro atoms. The number of piperidine rings is 2. The molecule has 0 unspecified atom stereocenters. The van der Waals surface area contributed by atoms with Crippen LogP contribution >= 0.6 is 0 Å². The lowest BCUT2D eigenvalue weighted by molar-refractivity contribution is -0.128. The number of rotatable bonds is 2. The van der Waals surface area contributed by atoms with Crippen LogP contribution in [0.15, 0.2) is 54.6 Å². The number of ketones is 1. The van der Waals surface area contributed by atoms with Gasteiger partial charge in [-0.25, -0.2) is 0 Å². The lowest BCUT2D eigenvalue weighted by atomic mass is 9.71. The van der Waals surface area contributed by atoms with Crippen molar-refractivity contribution < 1.29 is 4.79 Å². The molecule has 0 amide bonds. The summed E-state index contributed by atoms with van der Waals surface area (Å²) >= 11 is 0. The smallest absolute Gasteiger partial charge is 0.140 e. The molecule has 3 atom stereocenters. The largest absolute Gasteiger partial charge is 0.360 e. The molecule has 0 aromatic heterocycles. The third kappa shape index (κ3) is 2.31. The number of benzene rings is 2. The Labute approximate surface area is 136 Å². The van der Waals surface area contributed by atoms with Crippen LogP contribution in [0.1, 0.15) is 36.4 Å². The van der Waals surface area contributed by atoms with Crippen molar-refractivity contribution in [3.63, 3.8) is 0 Å². The normalized spacial score (nSPS) is 26.1. The maximum Gasteiger partial charge on any atom is 0.140 e. The summed E-state index contributed by atoms with van der Waals surface area (Å²) in [4.78, 5) is 14.9. The molecule has 0 radical (unpaired) electrons. The molecule has 23 heavy (non-hydrogen) atoms. The number of hydrogen-bond acceptors (Lipinski definition) is 3. The summed E-state index contributed by atoms with van der Waals surface area (Å²) in [7, 11) is 0. The first-order valence-electron chi connectivity index (χ1n) is 8.14. The molecule has 1 aliphatic carbocycles. The Hall–Kier alpha value is -2.60. The minimum absolute atomic E-state index is 0.0631. The zero-order valence-corrected chi connectivity index (χ0v) is 12.9. The first kappa shape index (κ1) is 14.0. The van der Waals surface area contributed by atoms with Crippen molar-refractivity contribution in [2.75, 3.05) is 4.90 Å². The highest BCUT2D eigenvalue weighted by molar-refractivity contribution is 5.86. The zero-order valence-electron chi connectivity index (χ0n) is 12.9. The number of para-hydroxylation sites is 1. The van der Waals surface area contributed by atoms with Gasteiger partial charge in [0.05, 0.1) is 17.7 Å². The topological polar surface area (TPSA) is 44.1 Å². The summed E-state index contributed by atoms with van der Waals surface area (Å²) in [5, 5.41) is 9.00. The summed E-state index contributed by atoms with van der Waals surface area (Å²) < 4.78 is 0. The third-order valence-electron chi connectivity index (χ3n) is 5.17. The van der Waals surface area contributed by atoms with Gasteiger partial charge < -0.3 is 4.90 Å². The van der Waals surface area contributed by atoms with Crippen molar-refractivity contribution in [3.05, 3.63) is 65.7 Å². The Bertz CT molecular complexity index is 760. The molecule has 2 heterocycles. The molecule has 1 saturated carbocycles. The number of anilines is 1. The van der Waals surface area contributed by atoms with Crippen LogP contribution in [0.2, 0.25) is 0 Å². The summed E-state index contributed by atoms with van der Waals surface area (Å²) in [6.07, 6.45) is 2.71. The van der Waals surface area contributed by atoms with E-state index in [1.165, 1.54) is 5.69 Å². The van der Waals surface area contributed by atoms with Crippen LogP contribution < -0.4 is 4.90 Å². The van der Waals surface area contributed by atoms with Crippen LogP contribution in [0.25, 0.3) is 0 Å². The first-order chi connectivity index (χ1) is 11.3. The van der Waals surface area contributed by atoms with Gasteiger partial charge in [0, 0.05) is 24.1 Å². The van der Waals surface area contributed by atoms with Gasteiger partial charge in [0.2, 0.25) is 0 Å². The highest BCUT2D eigenvalue weighted by atomic mass is 16.1. The monoisotopic (exact) mass is 302 g/mol. The lowest BCUT2D eigenvalue weighted by Gasteiger charge is -2.52. The number of nitriles is 1. The van der Waals surface area contributed by atoms with Gasteiger partial charge in [0.1, 0.15) is 5.78 Å². The Morgan fingerprint density at radius 1 is 1.00 bits per heavy atom. The van der Waals surface area contributed by atoms with E-state index in [4.69, 9.17) is 5.26 Å². The van der Waals surface area contributed by atoms with Gasteiger partial charge in [-0.1, -0.05) is 30.3 Å². The van der Waals surface area contributed by atoms with Crippen LogP contribution in [-0.2, 0) is 4.79 Å². The second-order valence-corrected chi connectivity index (χ2v) is 6.43. The second-order valence-electron chi connectivity index (χ2n) is 6.43. The van der Waals surface area contributed by atoms with E-state index in [0.717, 1.165) is 18.4 Å². The molecule has 114 valence electrons. The van der Waals surface area contributed by atoms with E-state index < -0.39 is 0 Å². The second kappa shape index (κ2) is 5.55. The molecule has 2 aromatic rings. The molecule has 3 aliphatic rings. The van der Waals surface area contributed by atoms with Gasteiger partial charge >= 0.3 is 0 Å². The average molecular weight is 302 g/mol. The fraction of sp³-hybridized carbons (Fsp3) is 0.300. The van der Waals surface area contributed by atoms with Crippen molar-refractivity contribution in [2.24, 2.45) is 5.92 Å². The molecule has 2 aromatic carbocycles. The quantitative estimate of drug-likeness (QED) is 0.846. The molecule has 2 saturated heterocycles. The molecule has 2 bridgehead atoms. The van der Waals surface area contributed by atoms with Crippen molar-refractivity contribution in [2.45, 2.75) is 31.3 Å². The molecule has 0 N–H and O–H groups in total. The van der Waals surface area contributed by atoms with Gasteiger partial charge in [-0.3, -0.25) is 4.79 Å². The summed E-state index contributed by atoms with van der Waals surface area (Å²) in [5.41, 5.74) is 2.98. The van der Waals surface area contributed by atoms with E-state index in [1.54, 1.807) is 0 Å². The van der Waals surface area contributed by atoms with E-state index in [9.17, 15) is 4.79 Å². The van der Waals surface area contributed by atoms with Crippen LogP contribution in [0.5, 0.6) is 0 Å². The number of Topliss-reactive ketones (excluding diaryl/α,β-unsaturated/α-hetero) is 1. The first-order valence-corrected chi connectivity index (χ1v) is 8.14. The van der Waals surface area contributed by atoms with E-state index in [0.29, 0.717) is 17.8 Å². The van der Waals surface area contributed by atoms with Crippen molar-refractivity contribution in [1.82, 2.24) is 0 Å². The molecule has 3 fully saturated rings. The molecule has 3 nitrogen and oxygen atoms in total. The number of hydrogen-bond donors (Lipinski definition) is 0. The number of carbonyl (C=O) groups excluding carboxylic acids is 1. The minimum Gasteiger partial charge on any atom is -0.360 e. The van der Waals surface area contributed by atoms with Crippen LogP contribution in [-0.4, -0.2) is 11.8 Å². The summed E-state index contributed by atoms with van der Waals surface area (Å²) in [6, 6.07) is 20.6. The number of fused-ring (bicyclic) bond motifs is 3. The van der Waals surface area contributed by atoms with Crippen molar-refractivity contribution in [3.8, 4) is 6.07 Å². The van der Waals surface area contributed by atoms with E-state index in [2.05, 4.69) is 35.2 Å². The van der Waals surface area contributed by atoms with Crippen molar-refractivity contribution >= 4 is 11.5 Å². The molecular formula is C20H18N2O. The molecule has 5 rings (SSSR count). The Balaban J connectivity index is 1.79. The molecular weight excluding hydrogens is 284 g/mol. The van der Waals surface area contributed by atoms with Gasteiger partial charge in [-0.15, -0.1) is 0 Å². The average Bonchev–Trinajstić information content (AvgIpc) is 2.62. The minimum atomic E-state index is 0.0631. The van der Waals surface area contributed by atoms with E-state index >= 15 is 0 Å². The standard InChI is InChI=1S/C20H18N2O/c21-13-14-6-8-15(9-7-14)20-18-11-10-17(12-19(18)23)22(20)16-4-2-1-3-5-16/h1-9,17-18,20H,10-12H2/t17-,18+,20-/m0/s1. The van der Waals surface area contributed by atoms with E-state index in [1.807, 2.05) is 30.3 Å². The van der Waals surface area contributed by atoms with Crippen molar-refractivity contribution in [1.29, 1.82) is 5.26 Å². The fourth-order valence-corrected chi connectivity index (χ4v) is 4.13. The van der Waals surface area contributed by atoms with Gasteiger partial charge in [-0.05, 0) is 42.7 Å². The molecule has 3 heteroatoms. The number of nitrogens with zero attached hydrogens (tertiary/aromatic N) is 2. The predicted octanol–water partition coefficient (Wildman–Crippen LogP) is 3.86. The highest BCUT2D eigenvalue weighted by Crippen LogP contribution is 2.47. The van der Waals surface area contributed by atoms with Gasteiger partial charge in [0.25, 0.3) is 0 Å². The SMILES string of the molecule is N#Cc1ccc([C@H]2[C@@H]3CC[C@@H](CC3=O)N2c2ccccc2)cc1. The van der Waals surface area contributed by atoms with Crippen LogP contribution in [0.3, 0.4) is 0 Å². The highest BCUT2D eigenvalue weighted by Gasteiger charge is 2.47. The maximum atomic E-state index is 12.5. The predicted molar refractivity (Wildman–Crippen MR) is 89.0 cm³/mol. The zero-order chi connectivity index (χ0) is 15.8.